The lowest BCUT2D eigenvalue weighted by Crippen LogP contribution is -2.43. The van der Waals surface area contributed by atoms with E-state index in [0.717, 1.165) is 34.4 Å². The zero-order valence-corrected chi connectivity index (χ0v) is 19.3. The number of nitrogens with zero attached hydrogens (tertiary/aromatic N) is 2. The minimum atomic E-state index is -0.516. The highest BCUT2D eigenvalue weighted by atomic mass is 16.5. The Hall–Kier alpha value is -3.86. The van der Waals surface area contributed by atoms with Crippen LogP contribution in [0.5, 0.6) is 5.75 Å². The lowest BCUT2D eigenvalue weighted by Gasteiger charge is -2.38. The molecular weight excluding hydrogens is 424 g/mol. The number of anilines is 1. The van der Waals surface area contributed by atoms with Crippen LogP contribution in [0, 0.1) is 0 Å². The maximum Gasteiger partial charge on any atom is 0.332 e. The average Bonchev–Trinajstić information content (AvgIpc) is 3.13. The van der Waals surface area contributed by atoms with Gasteiger partial charge in [-0.05, 0) is 47.7 Å². The molecular formula is C29H28N2O3. The summed E-state index contributed by atoms with van der Waals surface area (Å²) in [5.41, 5.74) is 4.97. The number of fused-ring (bicyclic) bond motifs is 2. The number of hydrogen-bond donors (Lipinski definition) is 0. The van der Waals surface area contributed by atoms with E-state index in [1.165, 1.54) is 4.90 Å². The number of imide groups is 1. The molecule has 34 heavy (non-hydrogen) atoms. The number of allylic oxidation sites excluding steroid dienone is 1. The third kappa shape index (κ3) is 3.67. The number of carbonyl (C=O) groups is 2. The molecule has 1 saturated heterocycles. The van der Waals surface area contributed by atoms with Crippen molar-refractivity contribution in [2.24, 2.45) is 0 Å². The summed E-state index contributed by atoms with van der Waals surface area (Å²) in [6.07, 6.45) is 3.71. The van der Waals surface area contributed by atoms with Gasteiger partial charge in [-0.1, -0.05) is 67.6 Å². The molecule has 0 aliphatic carbocycles. The number of amides is 3. The maximum absolute atomic E-state index is 13.5. The van der Waals surface area contributed by atoms with E-state index >= 15 is 0 Å². The number of para-hydroxylation sites is 1. The lowest BCUT2D eigenvalue weighted by atomic mass is 9.83. The number of ether oxygens (including phenoxy) is 1. The van der Waals surface area contributed by atoms with Crippen LogP contribution in [0.15, 0.2) is 85.5 Å². The molecule has 172 valence electrons. The van der Waals surface area contributed by atoms with E-state index < -0.39 is 6.04 Å². The Balaban J connectivity index is 1.52. The summed E-state index contributed by atoms with van der Waals surface area (Å²) in [5, 5.41) is 0. The Bertz CT molecular complexity index is 1220. The molecule has 2 aliphatic rings. The normalized spacial score (nSPS) is 19.1. The van der Waals surface area contributed by atoms with Gasteiger partial charge in [0.1, 0.15) is 18.4 Å². The number of urea groups is 1. The molecule has 3 aromatic carbocycles. The van der Waals surface area contributed by atoms with E-state index in [1.54, 1.807) is 17.0 Å². The molecule has 0 saturated carbocycles. The van der Waals surface area contributed by atoms with Crippen LogP contribution in [0.3, 0.4) is 0 Å². The smallest absolute Gasteiger partial charge is 0.332 e. The van der Waals surface area contributed by atoms with Gasteiger partial charge in [0.05, 0.1) is 11.7 Å². The van der Waals surface area contributed by atoms with Crippen molar-refractivity contribution in [1.82, 2.24) is 4.90 Å². The van der Waals surface area contributed by atoms with E-state index in [2.05, 4.69) is 19.6 Å². The number of carbonyl (C=O) groups excluding carboxylic acids is 2. The van der Waals surface area contributed by atoms with Gasteiger partial charge in [-0.15, -0.1) is 6.58 Å². The lowest BCUT2D eigenvalue weighted by molar-refractivity contribution is -0.120. The van der Waals surface area contributed by atoms with Gasteiger partial charge in [0, 0.05) is 12.0 Å². The van der Waals surface area contributed by atoms with Crippen molar-refractivity contribution in [3.8, 4) is 5.75 Å². The Labute approximate surface area is 200 Å². The first kappa shape index (κ1) is 22.0. The van der Waals surface area contributed by atoms with Gasteiger partial charge in [0.15, 0.2) is 0 Å². The van der Waals surface area contributed by atoms with Gasteiger partial charge in [0.25, 0.3) is 5.91 Å². The van der Waals surface area contributed by atoms with Crippen molar-refractivity contribution in [3.05, 3.63) is 108 Å². The van der Waals surface area contributed by atoms with Crippen molar-refractivity contribution >= 4 is 17.6 Å². The van der Waals surface area contributed by atoms with E-state index in [1.807, 2.05) is 60.7 Å². The average molecular weight is 453 g/mol. The molecule has 0 aromatic heterocycles. The van der Waals surface area contributed by atoms with Crippen LogP contribution < -0.4 is 9.64 Å². The Kier molecular flexibility index (Phi) is 5.93. The zero-order chi connectivity index (χ0) is 23.7. The first-order valence-electron chi connectivity index (χ1n) is 11.8. The van der Waals surface area contributed by atoms with E-state index in [-0.39, 0.29) is 18.0 Å². The fraction of sp³-hybridized carbons (Fsp3) is 0.241. The monoisotopic (exact) mass is 452 g/mol. The number of benzene rings is 3. The summed E-state index contributed by atoms with van der Waals surface area (Å²) in [7, 11) is 0. The molecule has 5 nitrogen and oxygen atoms in total. The summed E-state index contributed by atoms with van der Waals surface area (Å²) in [6.45, 7) is 6.48. The molecule has 0 N–H and O–H groups in total. The molecule has 1 fully saturated rings. The summed E-state index contributed by atoms with van der Waals surface area (Å²) in [5.74, 6) is 0.642. The minimum absolute atomic E-state index is 0.161. The van der Waals surface area contributed by atoms with Gasteiger partial charge in [-0.25, -0.2) is 9.69 Å². The fourth-order valence-electron chi connectivity index (χ4n) is 5.20. The van der Waals surface area contributed by atoms with Crippen LogP contribution in [-0.4, -0.2) is 22.9 Å². The van der Waals surface area contributed by atoms with E-state index in [4.69, 9.17) is 4.74 Å². The minimum Gasteiger partial charge on any atom is -0.489 e. The molecule has 2 aliphatic heterocycles. The Morgan fingerprint density at radius 3 is 2.38 bits per heavy atom. The number of hydrogen-bond acceptors (Lipinski definition) is 3. The Morgan fingerprint density at radius 1 is 1.00 bits per heavy atom. The van der Waals surface area contributed by atoms with Crippen LogP contribution in [0.25, 0.3) is 0 Å². The van der Waals surface area contributed by atoms with Crippen LogP contribution in [0.2, 0.25) is 0 Å². The molecule has 2 heterocycles. The highest BCUT2D eigenvalue weighted by molar-refractivity contribution is 6.21. The second-order valence-electron chi connectivity index (χ2n) is 8.72. The highest BCUT2D eigenvalue weighted by Gasteiger charge is 2.51. The fourth-order valence-corrected chi connectivity index (χ4v) is 5.20. The molecule has 3 amide bonds. The Morgan fingerprint density at radius 2 is 1.71 bits per heavy atom. The maximum atomic E-state index is 13.5. The third-order valence-electron chi connectivity index (χ3n) is 6.76. The van der Waals surface area contributed by atoms with E-state index in [9.17, 15) is 9.59 Å². The van der Waals surface area contributed by atoms with Crippen molar-refractivity contribution < 1.29 is 14.3 Å². The summed E-state index contributed by atoms with van der Waals surface area (Å²) < 4.78 is 6.24. The van der Waals surface area contributed by atoms with Gasteiger partial charge in [-0.3, -0.25) is 4.79 Å². The quantitative estimate of drug-likeness (QED) is 0.334. The molecule has 2 atom stereocenters. The molecule has 1 unspecified atom stereocenters. The second kappa shape index (κ2) is 9.18. The van der Waals surface area contributed by atoms with Gasteiger partial charge in [0.2, 0.25) is 0 Å². The van der Waals surface area contributed by atoms with Crippen molar-refractivity contribution in [2.75, 3.05) is 4.90 Å². The van der Waals surface area contributed by atoms with Crippen molar-refractivity contribution in [1.29, 1.82) is 0 Å². The van der Waals surface area contributed by atoms with Crippen molar-refractivity contribution in [2.45, 2.75) is 44.9 Å². The molecule has 5 rings (SSSR count). The van der Waals surface area contributed by atoms with Crippen LogP contribution in [-0.2, 0) is 24.2 Å². The molecule has 0 spiro atoms. The predicted octanol–water partition coefficient (Wildman–Crippen LogP) is 5.84. The van der Waals surface area contributed by atoms with Crippen molar-refractivity contribution in [3.63, 3.8) is 0 Å². The van der Waals surface area contributed by atoms with E-state index in [0.29, 0.717) is 25.1 Å². The zero-order valence-electron chi connectivity index (χ0n) is 19.3. The highest BCUT2D eigenvalue weighted by Crippen LogP contribution is 2.44. The predicted molar refractivity (Wildman–Crippen MR) is 133 cm³/mol. The van der Waals surface area contributed by atoms with Gasteiger partial charge in [-0.2, -0.15) is 0 Å². The largest absolute Gasteiger partial charge is 0.489 e. The molecule has 0 bridgehead atoms. The first-order valence-corrected chi connectivity index (χ1v) is 11.8. The van der Waals surface area contributed by atoms with Crippen LogP contribution >= 0.6 is 0 Å². The topological polar surface area (TPSA) is 49.9 Å². The first-order chi connectivity index (χ1) is 16.6. The van der Waals surface area contributed by atoms with Crippen LogP contribution in [0.1, 0.15) is 41.6 Å². The summed E-state index contributed by atoms with van der Waals surface area (Å²) >= 11 is 0. The molecule has 0 radical (unpaired) electrons. The van der Waals surface area contributed by atoms with Gasteiger partial charge < -0.3 is 9.64 Å². The summed E-state index contributed by atoms with van der Waals surface area (Å²) in [6, 6.07) is 22.4. The molecule has 3 aromatic rings. The number of rotatable bonds is 7. The van der Waals surface area contributed by atoms with Gasteiger partial charge >= 0.3 is 6.03 Å². The SMILES string of the molecule is C=CCc1c(OCc2ccccc2)ccc2c1C[C@H]1C(=O)N(c3ccccc3)C(=O)N1C2CC. The summed E-state index contributed by atoms with van der Waals surface area (Å²) in [4.78, 5) is 30.1. The third-order valence-corrected chi connectivity index (χ3v) is 6.76. The molecule has 5 heteroatoms. The second-order valence-corrected chi connectivity index (χ2v) is 8.72. The van der Waals surface area contributed by atoms with Crippen LogP contribution in [0.4, 0.5) is 10.5 Å². The standard InChI is InChI=1S/C29H28N2O3/c1-3-11-23-24-18-26-28(32)30(21-14-9-6-10-15-21)29(33)31(26)25(4-2)22(24)16-17-27(23)34-19-20-12-7-5-8-13-20/h3,5-10,12-17,25-26H,1,4,11,18-19H2,2H3/t25?,26-/m0/s1.